The van der Waals surface area contributed by atoms with Gasteiger partial charge in [-0.15, -0.1) is 0 Å². The van der Waals surface area contributed by atoms with E-state index in [4.69, 9.17) is 15.2 Å². The molecule has 1 atom stereocenters. The molecule has 1 unspecified atom stereocenters. The summed E-state index contributed by atoms with van der Waals surface area (Å²) >= 11 is 0. The maximum Gasteiger partial charge on any atom is 0.122 e. The molecule has 0 aliphatic heterocycles. The van der Waals surface area contributed by atoms with Crippen LogP contribution in [0.25, 0.3) is 0 Å². The van der Waals surface area contributed by atoms with Crippen LogP contribution < -0.4 is 15.2 Å². The largest absolute Gasteiger partial charge is 0.497 e. The van der Waals surface area contributed by atoms with Crippen LogP contribution in [0.3, 0.4) is 0 Å². The second-order valence-electron chi connectivity index (χ2n) is 5.24. The molecule has 0 saturated carbocycles. The highest BCUT2D eigenvalue weighted by Gasteiger charge is 2.08. The molecule has 2 aromatic rings. The molecule has 2 rings (SSSR count). The van der Waals surface area contributed by atoms with Crippen molar-refractivity contribution in [3.63, 3.8) is 0 Å². The van der Waals surface area contributed by atoms with Gasteiger partial charge in [0.15, 0.2) is 0 Å². The third-order valence-electron chi connectivity index (χ3n) is 3.30. The van der Waals surface area contributed by atoms with Gasteiger partial charge in [-0.05, 0) is 42.7 Å². The zero-order valence-electron chi connectivity index (χ0n) is 12.7. The first-order valence-corrected chi connectivity index (χ1v) is 7.28. The SMILES string of the molecule is COc1ccc(OCCc2ccccc2)c(CC(C)N)c1. The first-order valence-electron chi connectivity index (χ1n) is 7.28. The molecule has 0 saturated heterocycles. The standard InChI is InChI=1S/C18H23NO2/c1-14(19)12-16-13-17(20-2)8-9-18(16)21-11-10-15-6-4-3-5-7-15/h3-9,13-14H,10-12,19H2,1-2H3. The third-order valence-corrected chi connectivity index (χ3v) is 3.30. The van der Waals surface area contributed by atoms with Crippen molar-refractivity contribution in [2.24, 2.45) is 5.73 Å². The van der Waals surface area contributed by atoms with Crippen LogP contribution in [0.2, 0.25) is 0 Å². The van der Waals surface area contributed by atoms with Crippen LogP contribution >= 0.6 is 0 Å². The number of hydrogen-bond acceptors (Lipinski definition) is 3. The van der Waals surface area contributed by atoms with Gasteiger partial charge < -0.3 is 15.2 Å². The van der Waals surface area contributed by atoms with Gasteiger partial charge >= 0.3 is 0 Å². The van der Waals surface area contributed by atoms with E-state index in [9.17, 15) is 0 Å². The van der Waals surface area contributed by atoms with E-state index in [0.29, 0.717) is 6.61 Å². The van der Waals surface area contributed by atoms with Crippen LogP contribution in [-0.4, -0.2) is 19.8 Å². The molecule has 2 N–H and O–H groups in total. The van der Waals surface area contributed by atoms with Crippen LogP contribution in [0.4, 0.5) is 0 Å². The topological polar surface area (TPSA) is 44.5 Å². The Labute approximate surface area is 126 Å². The van der Waals surface area contributed by atoms with E-state index in [1.54, 1.807) is 7.11 Å². The fourth-order valence-corrected chi connectivity index (χ4v) is 2.25. The van der Waals surface area contributed by atoms with Gasteiger partial charge in [0.1, 0.15) is 11.5 Å². The summed E-state index contributed by atoms with van der Waals surface area (Å²) in [5.41, 5.74) is 8.28. The lowest BCUT2D eigenvalue weighted by molar-refractivity contribution is 0.317. The molecule has 0 radical (unpaired) electrons. The summed E-state index contributed by atoms with van der Waals surface area (Å²) in [6.45, 7) is 2.65. The van der Waals surface area contributed by atoms with Crippen LogP contribution in [0.15, 0.2) is 48.5 Å². The Balaban J connectivity index is 2.01. The molecule has 0 aliphatic rings. The van der Waals surface area contributed by atoms with E-state index < -0.39 is 0 Å². The number of ether oxygens (including phenoxy) is 2. The average Bonchev–Trinajstić information content (AvgIpc) is 2.49. The van der Waals surface area contributed by atoms with Gasteiger partial charge in [-0.1, -0.05) is 30.3 Å². The molecule has 0 amide bonds. The van der Waals surface area contributed by atoms with Crippen LogP contribution in [0.1, 0.15) is 18.1 Å². The Bertz CT molecular complexity index is 552. The predicted molar refractivity (Wildman–Crippen MR) is 86.0 cm³/mol. The molecule has 0 bridgehead atoms. The van der Waals surface area contributed by atoms with Gasteiger partial charge in [-0.25, -0.2) is 0 Å². The molecular formula is C18H23NO2. The summed E-state index contributed by atoms with van der Waals surface area (Å²) in [6.07, 6.45) is 1.67. The van der Waals surface area contributed by atoms with Gasteiger partial charge in [0.05, 0.1) is 13.7 Å². The van der Waals surface area contributed by atoms with Crippen molar-refractivity contribution >= 4 is 0 Å². The third kappa shape index (κ3) is 4.80. The Morgan fingerprint density at radius 2 is 1.86 bits per heavy atom. The number of rotatable bonds is 7. The van der Waals surface area contributed by atoms with Gasteiger partial charge in [0.25, 0.3) is 0 Å². The summed E-state index contributed by atoms with van der Waals surface area (Å²) in [5.74, 6) is 1.73. The van der Waals surface area contributed by atoms with Crippen LogP contribution in [0.5, 0.6) is 11.5 Å². The van der Waals surface area contributed by atoms with Crippen molar-refractivity contribution in [3.8, 4) is 11.5 Å². The molecular weight excluding hydrogens is 262 g/mol. The summed E-state index contributed by atoms with van der Waals surface area (Å²) in [6, 6.07) is 16.3. The molecule has 0 fully saturated rings. The predicted octanol–water partition coefficient (Wildman–Crippen LogP) is 3.21. The average molecular weight is 285 g/mol. The van der Waals surface area contributed by atoms with Crippen LogP contribution in [0, 0.1) is 0 Å². The van der Waals surface area contributed by atoms with Gasteiger partial charge in [0, 0.05) is 12.5 Å². The molecule has 112 valence electrons. The molecule has 0 aromatic heterocycles. The Morgan fingerprint density at radius 3 is 2.52 bits per heavy atom. The zero-order chi connectivity index (χ0) is 15.1. The highest BCUT2D eigenvalue weighted by atomic mass is 16.5. The van der Waals surface area contributed by atoms with Gasteiger partial charge in [0.2, 0.25) is 0 Å². The quantitative estimate of drug-likeness (QED) is 0.849. The lowest BCUT2D eigenvalue weighted by atomic mass is 10.1. The van der Waals surface area contributed by atoms with Crippen molar-refractivity contribution in [3.05, 3.63) is 59.7 Å². The Kier molecular flexibility index (Phi) is 5.64. The molecule has 0 heterocycles. The first kappa shape index (κ1) is 15.4. The number of benzene rings is 2. The fraction of sp³-hybridized carbons (Fsp3) is 0.333. The Hall–Kier alpha value is -2.00. The van der Waals surface area contributed by atoms with E-state index in [1.807, 2.05) is 43.3 Å². The maximum absolute atomic E-state index is 5.93. The molecule has 3 nitrogen and oxygen atoms in total. The minimum absolute atomic E-state index is 0.0913. The lowest BCUT2D eigenvalue weighted by Gasteiger charge is -2.14. The van der Waals surface area contributed by atoms with E-state index >= 15 is 0 Å². The van der Waals surface area contributed by atoms with Crippen molar-refractivity contribution in [2.75, 3.05) is 13.7 Å². The summed E-state index contributed by atoms with van der Waals surface area (Å²) in [5, 5.41) is 0. The van der Waals surface area contributed by atoms with Crippen molar-refractivity contribution < 1.29 is 9.47 Å². The number of hydrogen-bond donors (Lipinski definition) is 1. The van der Waals surface area contributed by atoms with Crippen molar-refractivity contribution in [1.82, 2.24) is 0 Å². The van der Waals surface area contributed by atoms with Crippen LogP contribution in [-0.2, 0) is 12.8 Å². The second kappa shape index (κ2) is 7.70. The summed E-state index contributed by atoms with van der Waals surface area (Å²) in [7, 11) is 1.67. The minimum atomic E-state index is 0.0913. The normalized spacial score (nSPS) is 12.0. The smallest absolute Gasteiger partial charge is 0.122 e. The number of methoxy groups -OCH3 is 1. The first-order chi connectivity index (χ1) is 10.2. The van der Waals surface area contributed by atoms with Gasteiger partial charge in [-0.2, -0.15) is 0 Å². The second-order valence-corrected chi connectivity index (χ2v) is 5.24. The molecule has 0 spiro atoms. The fourth-order valence-electron chi connectivity index (χ4n) is 2.25. The maximum atomic E-state index is 5.93. The highest BCUT2D eigenvalue weighted by Crippen LogP contribution is 2.25. The molecule has 3 heteroatoms. The minimum Gasteiger partial charge on any atom is -0.497 e. The zero-order valence-corrected chi connectivity index (χ0v) is 12.7. The van der Waals surface area contributed by atoms with Crippen molar-refractivity contribution in [2.45, 2.75) is 25.8 Å². The van der Waals surface area contributed by atoms with E-state index in [1.165, 1.54) is 5.56 Å². The summed E-state index contributed by atoms with van der Waals surface area (Å²) in [4.78, 5) is 0. The molecule has 0 aliphatic carbocycles. The van der Waals surface area contributed by atoms with E-state index in [-0.39, 0.29) is 6.04 Å². The van der Waals surface area contributed by atoms with Gasteiger partial charge in [-0.3, -0.25) is 0 Å². The molecule has 21 heavy (non-hydrogen) atoms. The molecule has 2 aromatic carbocycles. The monoisotopic (exact) mass is 285 g/mol. The Morgan fingerprint density at radius 1 is 1.10 bits per heavy atom. The van der Waals surface area contributed by atoms with Crippen molar-refractivity contribution in [1.29, 1.82) is 0 Å². The highest BCUT2D eigenvalue weighted by molar-refractivity contribution is 5.40. The number of nitrogens with two attached hydrogens (primary N) is 1. The van der Waals surface area contributed by atoms with E-state index in [2.05, 4.69) is 12.1 Å². The van der Waals surface area contributed by atoms with E-state index in [0.717, 1.165) is 29.9 Å². The lowest BCUT2D eigenvalue weighted by Crippen LogP contribution is -2.18. The summed E-state index contributed by atoms with van der Waals surface area (Å²) < 4.78 is 11.2.